The number of hydrogen-bond donors (Lipinski definition) is 1. The Morgan fingerprint density at radius 3 is 2.33 bits per heavy atom. The van der Waals surface area contributed by atoms with E-state index < -0.39 is 0 Å². The second-order valence-electron chi connectivity index (χ2n) is 4.03. The maximum atomic E-state index is 8.94. The van der Waals surface area contributed by atoms with E-state index in [1.54, 1.807) is 0 Å². The zero-order valence-electron chi connectivity index (χ0n) is 8.18. The fourth-order valence-corrected chi connectivity index (χ4v) is 2.20. The predicted molar refractivity (Wildman–Crippen MR) is 49.0 cm³/mol. The lowest BCUT2D eigenvalue weighted by molar-refractivity contribution is -0.344. The van der Waals surface area contributed by atoms with Crippen LogP contribution in [-0.2, 0) is 4.89 Å². The molecule has 1 atom stereocenters. The van der Waals surface area contributed by atoms with Gasteiger partial charge < -0.3 is 0 Å². The molecule has 1 rings (SSSR count). The maximum Gasteiger partial charge on any atom is 0.106 e. The fraction of sp³-hybridized carbons (Fsp3) is 1.00. The highest BCUT2D eigenvalue weighted by atomic mass is 17.1. The molecule has 0 saturated heterocycles. The van der Waals surface area contributed by atoms with E-state index >= 15 is 0 Å². The Bertz CT molecular complexity index is 128. The first-order chi connectivity index (χ1) is 5.75. The summed E-state index contributed by atoms with van der Waals surface area (Å²) in [7, 11) is 0. The SMILES string of the molecule is CCC(C)C1(OO)CCCCC1. The van der Waals surface area contributed by atoms with E-state index in [1.165, 1.54) is 19.3 Å². The van der Waals surface area contributed by atoms with Crippen LogP contribution in [-0.4, -0.2) is 10.9 Å². The first-order valence-corrected chi connectivity index (χ1v) is 5.08. The molecule has 0 heterocycles. The standard InChI is InChI=1S/C10H20O2/c1-3-9(2)10(12-11)7-5-4-6-8-10/h9,11H,3-8H2,1-2H3. The molecule has 1 fully saturated rings. The van der Waals surface area contributed by atoms with Crippen LogP contribution in [0.25, 0.3) is 0 Å². The Balaban J connectivity index is 2.59. The molecule has 72 valence electrons. The van der Waals surface area contributed by atoms with Gasteiger partial charge in [-0.05, 0) is 18.8 Å². The molecule has 0 aromatic rings. The lowest BCUT2D eigenvalue weighted by Crippen LogP contribution is -2.40. The molecule has 12 heavy (non-hydrogen) atoms. The van der Waals surface area contributed by atoms with E-state index in [0.717, 1.165) is 19.3 Å². The van der Waals surface area contributed by atoms with E-state index in [-0.39, 0.29) is 5.60 Å². The van der Waals surface area contributed by atoms with Crippen LogP contribution in [0.5, 0.6) is 0 Å². The van der Waals surface area contributed by atoms with Gasteiger partial charge in [0, 0.05) is 0 Å². The van der Waals surface area contributed by atoms with Gasteiger partial charge in [-0.2, -0.15) is 0 Å². The topological polar surface area (TPSA) is 29.5 Å². The normalized spacial score (nSPS) is 25.2. The van der Waals surface area contributed by atoms with Crippen LogP contribution in [0.2, 0.25) is 0 Å². The smallest absolute Gasteiger partial charge is 0.106 e. The van der Waals surface area contributed by atoms with Crippen LogP contribution in [0.15, 0.2) is 0 Å². The van der Waals surface area contributed by atoms with Crippen LogP contribution < -0.4 is 0 Å². The summed E-state index contributed by atoms with van der Waals surface area (Å²) in [6, 6.07) is 0. The first-order valence-electron chi connectivity index (χ1n) is 5.08. The van der Waals surface area contributed by atoms with Crippen molar-refractivity contribution in [2.45, 2.75) is 58.0 Å². The Morgan fingerprint density at radius 1 is 1.33 bits per heavy atom. The Hall–Kier alpha value is -0.0800. The lowest BCUT2D eigenvalue weighted by Gasteiger charge is -2.38. The zero-order chi connectivity index (χ0) is 9.03. The van der Waals surface area contributed by atoms with Crippen LogP contribution in [0.1, 0.15) is 52.4 Å². The molecule has 1 saturated carbocycles. The summed E-state index contributed by atoms with van der Waals surface area (Å²) >= 11 is 0. The average molecular weight is 172 g/mol. The van der Waals surface area contributed by atoms with E-state index in [4.69, 9.17) is 10.1 Å². The Kier molecular flexibility index (Phi) is 3.53. The third-order valence-electron chi connectivity index (χ3n) is 3.39. The van der Waals surface area contributed by atoms with Gasteiger partial charge in [0.1, 0.15) is 5.60 Å². The quantitative estimate of drug-likeness (QED) is 0.523. The molecule has 0 aliphatic heterocycles. The van der Waals surface area contributed by atoms with Crippen LogP contribution >= 0.6 is 0 Å². The molecule has 0 aromatic carbocycles. The summed E-state index contributed by atoms with van der Waals surface area (Å²) in [6.45, 7) is 4.32. The van der Waals surface area contributed by atoms with Crippen molar-refractivity contribution in [1.82, 2.24) is 0 Å². The van der Waals surface area contributed by atoms with Gasteiger partial charge >= 0.3 is 0 Å². The van der Waals surface area contributed by atoms with E-state index in [9.17, 15) is 0 Å². The van der Waals surface area contributed by atoms with E-state index in [2.05, 4.69) is 13.8 Å². The third-order valence-corrected chi connectivity index (χ3v) is 3.39. The average Bonchev–Trinajstić information content (AvgIpc) is 2.17. The van der Waals surface area contributed by atoms with Crippen molar-refractivity contribution in [1.29, 1.82) is 0 Å². The molecule has 2 nitrogen and oxygen atoms in total. The molecule has 0 spiro atoms. The van der Waals surface area contributed by atoms with Gasteiger partial charge in [0.2, 0.25) is 0 Å². The van der Waals surface area contributed by atoms with Gasteiger partial charge in [0.25, 0.3) is 0 Å². The van der Waals surface area contributed by atoms with Crippen molar-refractivity contribution in [2.75, 3.05) is 0 Å². The molecule has 0 aromatic heterocycles. The van der Waals surface area contributed by atoms with Gasteiger partial charge in [0.15, 0.2) is 0 Å². The van der Waals surface area contributed by atoms with E-state index in [0.29, 0.717) is 5.92 Å². The molecule has 2 heteroatoms. The van der Waals surface area contributed by atoms with Crippen molar-refractivity contribution < 1.29 is 10.1 Å². The maximum absolute atomic E-state index is 8.94. The second-order valence-corrected chi connectivity index (χ2v) is 4.03. The Morgan fingerprint density at radius 2 is 1.92 bits per heavy atom. The van der Waals surface area contributed by atoms with Gasteiger partial charge in [-0.3, -0.25) is 5.26 Å². The highest BCUT2D eigenvalue weighted by Gasteiger charge is 2.38. The largest absolute Gasteiger partial charge is 0.251 e. The van der Waals surface area contributed by atoms with Crippen molar-refractivity contribution in [3.05, 3.63) is 0 Å². The zero-order valence-corrected chi connectivity index (χ0v) is 8.18. The van der Waals surface area contributed by atoms with Crippen LogP contribution in [0, 0.1) is 5.92 Å². The summed E-state index contributed by atoms with van der Waals surface area (Å²) in [6.07, 6.45) is 6.83. The third kappa shape index (κ3) is 1.80. The monoisotopic (exact) mass is 172 g/mol. The minimum absolute atomic E-state index is 0.215. The molecule has 1 unspecified atom stereocenters. The summed E-state index contributed by atoms with van der Waals surface area (Å²) in [5, 5.41) is 8.94. The number of rotatable bonds is 3. The van der Waals surface area contributed by atoms with Crippen LogP contribution in [0.3, 0.4) is 0 Å². The van der Waals surface area contributed by atoms with Crippen molar-refractivity contribution in [3.8, 4) is 0 Å². The summed E-state index contributed by atoms with van der Waals surface area (Å²) in [4.78, 5) is 4.73. The molecular weight excluding hydrogens is 152 g/mol. The summed E-state index contributed by atoms with van der Waals surface area (Å²) in [5.74, 6) is 0.475. The number of hydrogen-bond acceptors (Lipinski definition) is 2. The lowest BCUT2D eigenvalue weighted by atomic mass is 9.75. The van der Waals surface area contributed by atoms with E-state index in [1.807, 2.05) is 0 Å². The first kappa shape index (κ1) is 10.0. The molecular formula is C10H20O2. The molecule has 0 amide bonds. The highest BCUT2D eigenvalue weighted by Crippen LogP contribution is 2.38. The van der Waals surface area contributed by atoms with Crippen molar-refractivity contribution in [3.63, 3.8) is 0 Å². The van der Waals surface area contributed by atoms with Gasteiger partial charge in [-0.25, -0.2) is 4.89 Å². The summed E-state index contributed by atoms with van der Waals surface area (Å²) in [5.41, 5.74) is -0.215. The van der Waals surface area contributed by atoms with Crippen molar-refractivity contribution in [2.24, 2.45) is 5.92 Å². The minimum atomic E-state index is -0.215. The molecule has 0 bridgehead atoms. The Labute approximate surface area is 74.9 Å². The summed E-state index contributed by atoms with van der Waals surface area (Å²) < 4.78 is 0. The fourth-order valence-electron chi connectivity index (χ4n) is 2.20. The van der Waals surface area contributed by atoms with Gasteiger partial charge in [-0.15, -0.1) is 0 Å². The molecule has 0 radical (unpaired) electrons. The van der Waals surface area contributed by atoms with Gasteiger partial charge in [-0.1, -0.05) is 39.5 Å². The van der Waals surface area contributed by atoms with Crippen LogP contribution in [0.4, 0.5) is 0 Å². The molecule has 1 N–H and O–H groups in total. The second kappa shape index (κ2) is 4.24. The molecule has 1 aliphatic carbocycles. The minimum Gasteiger partial charge on any atom is -0.251 e. The highest BCUT2D eigenvalue weighted by molar-refractivity contribution is 4.87. The molecule has 1 aliphatic rings. The predicted octanol–water partition coefficient (Wildman–Crippen LogP) is 3.23. The van der Waals surface area contributed by atoms with Crippen molar-refractivity contribution >= 4 is 0 Å². The van der Waals surface area contributed by atoms with Gasteiger partial charge in [0.05, 0.1) is 0 Å².